The van der Waals surface area contributed by atoms with Gasteiger partial charge in [-0.05, 0) is 37.1 Å². The van der Waals surface area contributed by atoms with Crippen molar-refractivity contribution in [3.05, 3.63) is 51.8 Å². The van der Waals surface area contributed by atoms with Crippen LogP contribution in [0.5, 0.6) is 0 Å². The molecular formula is C16H20BrN3. The monoisotopic (exact) mass is 333 g/mol. The van der Waals surface area contributed by atoms with Crippen LogP contribution in [0.25, 0.3) is 0 Å². The van der Waals surface area contributed by atoms with E-state index in [4.69, 9.17) is 0 Å². The summed E-state index contributed by atoms with van der Waals surface area (Å²) in [4.78, 5) is 0. The highest BCUT2D eigenvalue weighted by molar-refractivity contribution is 9.10. The first-order chi connectivity index (χ1) is 9.78. The molecule has 1 aromatic heterocycles. The summed E-state index contributed by atoms with van der Waals surface area (Å²) in [6.07, 6.45) is 4.65. The molecule has 0 atom stereocenters. The maximum absolute atomic E-state index is 4.62. The van der Waals surface area contributed by atoms with Gasteiger partial charge >= 0.3 is 0 Å². The first-order valence-electron chi connectivity index (χ1n) is 7.27. The number of hydrogen-bond acceptors (Lipinski definition) is 2. The topological polar surface area (TPSA) is 29.9 Å². The molecular weight excluding hydrogens is 314 g/mol. The van der Waals surface area contributed by atoms with Crippen LogP contribution in [0.3, 0.4) is 0 Å². The summed E-state index contributed by atoms with van der Waals surface area (Å²) in [5.41, 5.74) is 4.09. The van der Waals surface area contributed by atoms with Crippen molar-refractivity contribution in [2.75, 3.05) is 6.54 Å². The number of aromatic nitrogens is 2. The molecule has 1 heterocycles. The molecule has 0 saturated heterocycles. The maximum Gasteiger partial charge on any atom is 0.0663 e. The summed E-state index contributed by atoms with van der Waals surface area (Å²) in [7, 11) is 0. The second kappa shape index (κ2) is 6.10. The number of hydrogen-bond donors (Lipinski definition) is 1. The van der Waals surface area contributed by atoms with Crippen LogP contribution >= 0.6 is 15.9 Å². The van der Waals surface area contributed by atoms with E-state index >= 15 is 0 Å². The Morgan fingerprint density at radius 1 is 1.40 bits per heavy atom. The van der Waals surface area contributed by atoms with Gasteiger partial charge in [0.25, 0.3) is 0 Å². The van der Waals surface area contributed by atoms with E-state index in [1.165, 1.54) is 29.7 Å². The summed E-state index contributed by atoms with van der Waals surface area (Å²) in [5, 5.41) is 8.03. The van der Waals surface area contributed by atoms with E-state index in [9.17, 15) is 0 Å². The highest BCUT2D eigenvalue weighted by atomic mass is 79.9. The SMILES string of the molecule is CCNCc1cnn(Cc2cccc(Br)c2)c1C1CC1. The number of halogens is 1. The van der Waals surface area contributed by atoms with Gasteiger partial charge in [0, 0.05) is 28.2 Å². The van der Waals surface area contributed by atoms with Gasteiger partial charge < -0.3 is 5.32 Å². The summed E-state index contributed by atoms with van der Waals surface area (Å²) < 4.78 is 3.31. The smallest absolute Gasteiger partial charge is 0.0663 e. The van der Waals surface area contributed by atoms with Gasteiger partial charge in [-0.3, -0.25) is 4.68 Å². The van der Waals surface area contributed by atoms with Gasteiger partial charge in [-0.1, -0.05) is 35.0 Å². The van der Waals surface area contributed by atoms with Crippen molar-refractivity contribution >= 4 is 15.9 Å². The minimum absolute atomic E-state index is 0.721. The molecule has 2 aromatic rings. The Bertz CT molecular complexity index is 587. The Hall–Kier alpha value is -1.13. The average molecular weight is 334 g/mol. The number of rotatable bonds is 6. The van der Waals surface area contributed by atoms with Crippen molar-refractivity contribution in [2.45, 2.75) is 38.8 Å². The van der Waals surface area contributed by atoms with Crippen molar-refractivity contribution in [3.63, 3.8) is 0 Å². The van der Waals surface area contributed by atoms with Crippen LogP contribution in [0, 0.1) is 0 Å². The molecule has 1 aliphatic rings. The normalized spacial score (nSPS) is 14.7. The van der Waals surface area contributed by atoms with Crippen LogP contribution < -0.4 is 5.32 Å². The third-order valence-corrected chi connectivity index (χ3v) is 4.20. The predicted molar refractivity (Wildman–Crippen MR) is 84.8 cm³/mol. The second-order valence-electron chi connectivity index (χ2n) is 5.40. The Balaban J connectivity index is 1.83. The summed E-state index contributed by atoms with van der Waals surface area (Å²) in [5.74, 6) is 0.721. The minimum Gasteiger partial charge on any atom is -0.313 e. The molecule has 1 fully saturated rings. The van der Waals surface area contributed by atoms with Crippen molar-refractivity contribution in [1.82, 2.24) is 15.1 Å². The van der Waals surface area contributed by atoms with Crippen LogP contribution in [0.4, 0.5) is 0 Å². The molecule has 3 nitrogen and oxygen atoms in total. The van der Waals surface area contributed by atoms with Crippen LogP contribution in [0.15, 0.2) is 34.9 Å². The number of nitrogens with zero attached hydrogens (tertiary/aromatic N) is 2. The quantitative estimate of drug-likeness (QED) is 0.873. The lowest BCUT2D eigenvalue weighted by atomic mass is 10.1. The van der Waals surface area contributed by atoms with Gasteiger partial charge in [-0.15, -0.1) is 0 Å². The lowest BCUT2D eigenvalue weighted by molar-refractivity contribution is 0.639. The Labute approximate surface area is 128 Å². The first kappa shape index (κ1) is 13.8. The lowest BCUT2D eigenvalue weighted by Gasteiger charge is -2.10. The fraction of sp³-hybridized carbons (Fsp3) is 0.438. The molecule has 0 spiro atoms. The zero-order chi connectivity index (χ0) is 13.9. The molecule has 0 bridgehead atoms. The summed E-state index contributed by atoms with van der Waals surface area (Å²) in [6.45, 7) is 4.93. The minimum atomic E-state index is 0.721. The molecule has 20 heavy (non-hydrogen) atoms. The second-order valence-corrected chi connectivity index (χ2v) is 6.31. The largest absolute Gasteiger partial charge is 0.313 e. The van der Waals surface area contributed by atoms with E-state index in [0.717, 1.165) is 30.0 Å². The highest BCUT2D eigenvalue weighted by Crippen LogP contribution is 2.41. The van der Waals surface area contributed by atoms with Gasteiger partial charge in [0.2, 0.25) is 0 Å². The molecule has 4 heteroatoms. The molecule has 3 rings (SSSR count). The summed E-state index contributed by atoms with van der Waals surface area (Å²) in [6, 6.07) is 8.47. The molecule has 0 aliphatic heterocycles. The maximum atomic E-state index is 4.62. The third-order valence-electron chi connectivity index (χ3n) is 3.71. The number of benzene rings is 1. The van der Waals surface area contributed by atoms with Gasteiger partial charge in [-0.25, -0.2) is 0 Å². The highest BCUT2D eigenvalue weighted by Gasteiger charge is 2.29. The lowest BCUT2D eigenvalue weighted by Crippen LogP contribution is -2.13. The molecule has 0 amide bonds. The molecule has 0 unspecified atom stereocenters. The Morgan fingerprint density at radius 2 is 2.25 bits per heavy atom. The Kier molecular flexibility index (Phi) is 4.22. The Morgan fingerprint density at radius 3 is 2.95 bits per heavy atom. The van der Waals surface area contributed by atoms with Crippen molar-refractivity contribution in [3.8, 4) is 0 Å². The number of nitrogens with one attached hydrogen (secondary N) is 1. The van der Waals surface area contributed by atoms with Crippen molar-refractivity contribution in [2.24, 2.45) is 0 Å². The fourth-order valence-electron chi connectivity index (χ4n) is 2.59. The predicted octanol–water partition coefficient (Wildman–Crippen LogP) is 3.68. The average Bonchev–Trinajstić information content (AvgIpc) is 3.19. The molecule has 106 valence electrons. The van der Waals surface area contributed by atoms with Crippen molar-refractivity contribution in [1.29, 1.82) is 0 Å². The zero-order valence-electron chi connectivity index (χ0n) is 11.8. The van der Waals surface area contributed by atoms with Gasteiger partial charge in [0.1, 0.15) is 0 Å². The van der Waals surface area contributed by atoms with E-state index in [2.05, 4.69) is 62.2 Å². The van der Waals surface area contributed by atoms with Crippen LogP contribution in [-0.2, 0) is 13.1 Å². The van der Waals surface area contributed by atoms with Crippen LogP contribution in [0.2, 0.25) is 0 Å². The van der Waals surface area contributed by atoms with E-state index in [0.29, 0.717) is 0 Å². The molecule has 1 N–H and O–H groups in total. The van der Waals surface area contributed by atoms with E-state index in [-0.39, 0.29) is 0 Å². The zero-order valence-corrected chi connectivity index (χ0v) is 13.4. The van der Waals surface area contributed by atoms with Crippen molar-refractivity contribution < 1.29 is 0 Å². The van der Waals surface area contributed by atoms with Crippen LogP contribution in [0.1, 0.15) is 42.5 Å². The summed E-state index contributed by atoms with van der Waals surface area (Å²) >= 11 is 3.54. The molecule has 1 aliphatic carbocycles. The van der Waals surface area contributed by atoms with E-state index in [1.807, 2.05) is 6.20 Å². The van der Waals surface area contributed by atoms with E-state index in [1.54, 1.807) is 0 Å². The van der Waals surface area contributed by atoms with Crippen LogP contribution in [-0.4, -0.2) is 16.3 Å². The van der Waals surface area contributed by atoms with Gasteiger partial charge in [-0.2, -0.15) is 5.10 Å². The third kappa shape index (κ3) is 3.13. The van der Waals surface area contributed by atoms with Gasteiger partial charge in [0.05, 0.1) is 12.7 Å². The molecule has 1 aromatic carbocycles. The molecule has 0 radical (unpaired) electrons. The van der Waals surface area contributed by atoms with Gasteiger partial charge in [0.15, 0.2) is 0 Å². The fourth-order valence-corrected chi connectivity index (χ4v) is 3.04. The first-order valence-corrected chi connectivity index (χ1v) is 8.07. The molecule has 1 saturated carbocycles. The van der Waals surface area contributed by atoms with E-state index < -0.39 is 0 Å². The standard InChI is InChI=1S/C16H20BrN3/c1-2-18-9-14-10-19-20(16(14)13-6-7-13)11-12-4-3-5-15(17)8-12/h3-5,8,10,13,18H,2,6-7,9,11H2,1H3.